The Morgan fingerprint density at radius 2 is 2.12 bits per heavy atom. The van der Waals surface area contributed by atoms with E-state index < -0.39 is 4.92 Å². The molecule has 0 bridgehead atoms. The molecule has 0 atom stereocenters. The van der Waals surface area contributed by atoms with Crippen molar-refractivity contribution in [2.75, 3.05) is 5.73 Å². The van der Waals surface area contributed by atoms with Gasteiger partial charge in [0.05, 0.1) is 4.92 Å². The van der Waals surface area contributed by atoms with Crippen LogP contribution in [-0.4, -0.2) is 15.1 Å². The maximum Gasteiger partial charge on any atom is 0.313 e. The summed E-state index contributed by atoms with van der Waals surface area (Å²) in [7, 11) is 0. The highest BCUT2D eigenvalue weighted by Gasteiger charge is 2.13. The lowest BCUT2D eigenvalue weighted by molar-refractivity contribution is -0.384. The Balaban J connectivity index is 2.53. The maximum atomic E-state index is 10.6. The summed E-state index contributed by atoms with van der Waals surface area (Å²) in [4.78, 5) is 10.0. The van der Waals surface area contributed by atoms with Crippen molar-refractivity contribution in [1.82, 2.24) is 10.2 Å². The predicted molar refractivity (Wildman–Crippen MR) is 55.8 cm³/mol. The number of rotatable bonds is 2. The van der Waals surface area contributed by atoms with Crippen LogP contribution in [0.4, 0.5) is 11.7 Å². The summed E-state index contributed by atoms with van der Waals surface area (Å²) in [6, 6.07) is 3.86. The molecular formula is C8H5ClN4O3. The van der Waals surface area contributed by atoms with Crippen molar-refractivity contribution in [3.8, 4) is 11.5 Å². The predicted octanol–water partition coefficient (Wildman–Crippen LogP) is 1.88. The second-order valence-electron chi connectivity index (χ2n) is 2.90. The summed E-state index contributed by atoms with van der Waals surface area (Å²) < 4.78 is 4.93. The Labute approximate surface area is 94.0 Å². The van der Waals surface area contributed by atoms with Gasteiger partial charge >= 0.3 is 6.01 Å². The molecule has 1 aromatic heterocycles. The van der Waals surface area contributed by atoms with Gasteiger partial charge in [0.15, 0.2) is 0 Å². The van der Waals surface area contributed by atoms with Gasteiger partial charge in [-0.05, 0) is 6.07 Å². The van der Waals surface area contributed by atoms with Gasteiger partial charge in [-0.1, -0.05) is 16.7 Å². The molecule has 0 aliphatic carbocycles. The standard InChI is InChI=1S/C8H5ClN4O3/c9-5-1-4(2-6(3-5)13(14)15)7-11-12-8(10)16-7/h1-3H,(H2,10,12). The smallest absolute Gasteiger partial charge is 0.313 e. The van der Waals surface area contributed by atoms with Gasteiger partial charge in [0.25, 0.3) is 5.69 Å². The molecule has 8 heteroatoms. The molecule has 0 unspecified atom stereocenters. The van der Waals surface area contributed by atoms with Crippen LogP contribution in [0, 0.1) is 10.1 Å². The number of nitrogens with zero attached hydrogens (tertiary/aromatic N) is 3. The van der Waals surface area contributed by atoms with Crippen molar-refractivity contribution in [2.45, 2.75) is 0 Å². The minimum Gasteiger partial charge on any atom is -0.404 e. The first-order valence-corrected chi connectivity index (χ1v) is 4.48. The fourth-order valence-corrected chi connectivity index (χ4v) is 1.38. The zero-order valence-corrected chi connectivity index (χ0v) is 8.51. The van der Waals surface area contributed by atoms with Gasteiger partial charge in [0.2, 0.25) is 5.89 Å². The molecule has 82 valence electrons. The van der Waals surface area contributed by atoms with E-state index in [0.29, 0.717) is 5.56 Å². The van der Waals surface area contributed by atoms with E-state index in [1.54, 1.807) is 0 Å². The quantitative estimate of drug-likeness (QED) is 0.634. The van der Waals surface area contributed by atoms with Gasteiger partial charge in [-0.25, -0.2) is 0 Å². The Kier molecular flexibility index (Phi) is 2.45. The van der Waals surface area contributed by atoms with Gasteiger partial charge in [-0.15, -0.1) is 5.10 Å². The molecule has 0 saturated heterocycles. The largest absolute Gasteiger partial charge is 0.404 e. The zero-order chi connectivity index (χ0) is 11.7. The van der Waals surface area contributed by atoms with E-state index in [2.05, 4.69) is 10.2 Å². The van der Waals surface area contributed by atoms with E-state index >= 15 is 0 Å². The molecule has 0 radical (unpaired) electrons. The van der Waals surface area contributed by atoms with Gasteiger partial charge in [0.1, 0.15) is 0 Å². The van der Waals surface area contributed by atoms with Gasteiger partial charge in [0, 0.05) is 22.7 Å². The van der Waals surface area contributed by atoms with E-state index in [1.165, 1.54) is 18.2 Å². The normalized spacial score (nSPS) is 10.3. The molecule has 1 aromatic carbocycles. The average Bonchev–Trinajstić information content (AvgIpc) is 2.64. The second-order valence-corrected chi connectivity index (χ2v) is 3.34. The van der Waals surface area contributed by atoms with Crippen molar-refractivity contribution in [3.63, 3.8) is 0 Å². The Morgan fingerprint density at radius 3 is 2.69 bits per heavy atom. The third-order valence-corrected chi connectivity index (χ3v) is 2.00. The van der Waals surface area contributed by atoms with Crippen LogP contribution in [0.25, 0.3) is 11.5 Å². The minimum absolute atomic E-state index is 0.0862. The van der Waals surface area contributed by atoms with E-state index in [0.717, 1.165) is 0 Å². The highest BCUT2D eigenvalue weighted by atomic mass is 35.5. The molecule has 0 fully saturated rings. The van der Waals surface area contributed by atoms with E-state index in [1.807, 2.05) is 0 Å². The lowest BCUT2D eigenvalue weighted by atomic mass is 10.2. The van der Waals surface area contributed by atoms with Crippen molar-refractivity contribution in [3.05, 3.63) is 33.3 Å². The molecule has 0 aliphatic rings. The number of anilines is 1. The van der Waals surface area contributed by atoms with Gasteiger partial charge < -0.3 is 10.2 Å². The number of hydrogen-bond acceptors (Lipinski definition) is 6. The van der Waals surface area contributed by atoms with Gasteiger partial charge in [-0.2, -0.15) is 0 Å². The molecule has 16 heavy (non-hydrogen) atoms. The van der Waals surface area contributed by atoms with Crippen molar-refractivity contribution >= 4 is 23.3 Å². The summed E-state index contributed by atoms with van der Waals surface area (Å²) >= 11 is 5.73. The number of hydrogen-bond donors (Lipinski definition) is 1. The monoisotopic (exact) mass is 240 g/mol. The van der Waals surface area contributed by atoms with Crippen LogP contribution in [-0.2, 0) is 0 Å². The van der Waals surface area contributed by atoms with Crippen molar-refractivity contribution in [1.29, 1.82) is 0 Å². The maximum absolute atomic E-state index is 10.6. The first-order valence-electron chi connectivity index (χ1n) is 4.10. The van der Waals surface area contributed by atoms with Crippen LogP contribution in [0.15, 0.2) is 22.6 Å². The van der Waals surface area contributed by atoms with Crippen LogP contribution in [0.1, 0.15) is 0 Å². The lowest BCUT2D eigenvalue weighted by Gasteiger charge is -1.96. The van der Waals surface area contributed by atoms with Crippen molar-refractivity contribution < 1.29 is 9.34 Å². The number of non-ortho nitro benzene ring substituents is 1. The number of nitro benzene ring substituents is 1. The highest BCUT2D eigenvalue weighted by molar-refractivity contribution is 6.31. The Morgan fingerprint density at radius 1 is 1.38 bits per heavy atom. The van der Waals surface area contributed by atoms with E-state index in [9.17, 15) is 10.1 Å². The molecule has 0 amide bonds. The van der Waals surface area contributed by atoms with Crippen LogP contribution in [0.5, 0.6) is 0 Å². The summed E-state index contributed by atoms with van der Waals surface area (Å²) in [5.41, 5.74) is 5.44. The Hall–Kier alpha value is -2.15. The number of benzene rings is 1. The third-order valence-electron chi connectivity index (χ3n) is 1.78. The fourth-order valence-electron chi connectivity index (χ4n) is 1.15. The minimum atomic E-state index is -0.560. The summed E-state index contributed by atoms with van der Waals surface area (Å²) in [6.07, 6.45) is 0. The van der Waals surface area contributed by atoms with Crippen LogP contribution in [0.3, 0.4) is 0 Å². The number of nitro groups is 1. The van der Waals surface area contributed by atoms with Crippen LogP contribution >= 0.6 is 11.6 Å². The van der Waals surface area contributed by atoms with Crippen molar-refractivity contribution in [2.24, 2.45) is 0 Å². The topological polar surface area (TPSA) is 108 Å². The molecule has 2 aromatic rings. The molecule has 0 spiro atoms. The average molecular weight is 241 g/mol. The highest BCUT2D eigenvalue weighted by Crippen LogP contribution is 2.27. The molecule has 0 saturated carbocycles. The number of aromatic nitrogens is 2. The SMILES string of the molecule is Nc1nnc(-c2cc(Cl)cc([N+](=O)[O-])c2)o1. The summed E-state index contributed by atoms with van der Waals surface area (Å²) in [5, 5.41) is 17.9. The lowest BCUT2D eigenvalue weighted by Crippen LogP contribution is -1.89. The Bertz CT molecular complexity index is 554. The molecule has 7 nitrogen and oxygen atoms in total. The first kappa shape index (κ1) is 10.4. The fraction of sp³-hybridized carbons (Fsp3) is 0. The van der Waals surface area contributed by atoms with E-state index in [4.69, 9.17) is 21.8 Å². The van der Waals surface area contributed by atoms with Gasteiger partial charge in [-0.3, -0.25) is 10.1 Å². The molecular weight excluding hydrogens is 236 g/mol. The first-order chi connectivity index (χ1) is 7.56. The number of nitrogen functional groups attached to an aromatic ring is 1. The number of nitrogens with two attached hydrogens (primary N) is 1. The van der Waals surface area contributed by atoms with Crippen LogP contribution in [0.2, 0.25) is 5.02 Å². The molecule has 0 aliphatic heterocycles. The third kappa shape index (κ3) is 1.94. The molecule has 1 heterocycles. The zero-order valence-electron chi connectivity index (χ0n) is 7.75. The molecule has 2 N–H and O–H groups in total. The van der Waals surface area contributed by atoms with Crippen LogP contribution < -0.4 is 5.73 Å². The second kappa shape index (κ2) is 3.78. The summed E-state index contributed by atoms with van der Waals surface area (Å²) in [5.74, 6) is 0.0862. The number of halogens is 1. The molecule has 2 rings (SSSR count). The van der Waals surface area contributed by atoms with E-state index in [-0.39, 0.29) is 22.6 Å². The summed E-state index contributed by atoms with van der Waals surface area (Å²) in [6.45, 7) is 0.